The van der Waals surface area contributed by atoms with Gasteiger partial charge in [0.1, 0.15) is 0 Å². The standard InChI is InChI=1S/C27H28N2O6/c1-32-22-16-19(17-23(33-2)27(22)34-3)14-15-25(31)35-18-24(30)28-29-26(20-10-6-4-7-11-20)21-12-8-5-9-13-21/h4-13,16-17H,14-15,18H2,1-3H3,(H,28,30). The summed E-state index contributed by atoms with van der Waals surface area (Å²) in [4.78, 5) is 24.5. The smallest absolute Gasteiger partial charge is 0.306 e. The molecule has 8 heteroatoms. The first-order chi connectivity index (χ1) is 17.0. The van der Waals surface area contributed by atoms with Crippen molar-refractivity contribution in [2.24, 2.45) is 5.10 Å². The van der Waals surface area contributed by atoms with Crippen LogP contribution in [0.2, 0.25) is 0 Å². The quantitative estimate of drug-likeness (QED) is 0.257. The van der Waals surface area contributed by atoms with Crippen molar-refractivity contribution in [3.63, 3.8) is 0 Å². The van der Waals surface area contributed by atoms with E-state index in [1.807, 2.05) is 60.7 Å². The van der Waals surface area contributed by atoms with Crippen molar-refractivity contribution in [1.29, 1.82) is 0 Å². The minimum Gasteiger partial charge on any atom is -0.493 e. The molecule has 0 aromatic heterocycles. The molecule has 0 heterocycles. The molecule has 0 aliphatic heterocycles. The fourth-order valence-electron chi connectivity index (χ4n) is 3.38. The number of aryl methyl sites for hydroxylation is 1. The highest BCUT2D eigenvalue weighted by molar-refractivity contribution is 6.13. The molecule has 0 fully saturated rings. The van der Waals surface area contributed by atoms with Crippen LogP contribution in [0.5, 0.6) is 17.2 Å². The molecule has 0 unspecified atom stereocenters. The normalized spacial score (nSPS) is 10.1. The maximum atomic E-state index is 12.3. The van der Waals surface area contributed by atoms with E-state index < -0.39 is 18.5 Å². The van der Waals surface area contributed by atoms with Gasteiger partial charge in [-0.1, -0.05) is 60.7 Å². The number of nitrogens with zero attached hydrogens (tertiary/aromatic N) is 1. The highest BCUT2D eigenvalue weighted by Crippen LogP contribution is 2.38. The monoisotopic (exact) mass is 476 g/mol. The number of nitrogens with one attached hydrogen (secondary N) is 1. The molecular formula is C27H28N2O6. The molecule has 0 bridgehead atoms. The number of hydrogen-bond acceptors (Lipinski definition) is 7. The topological polar surface area (TPSA) is 95.5 Å². The lowest BCUT2D eigenvalue weighted by molar-refractivity contribution is -0.148. The zero-order chi connectivity index (χ0) is 25.0. The average Bonchev–Trinajstić information content (AvgIpc) is 2.91. The van der Waals surface area contributed by atoms with Crippen LogP contribution in [0, 0.1) is 0 Å². The van der Waals surface area contributed by atoms with Gasteiger partial charge in [-0.2, -0.15) is 5.10 Å². The molecule has 1 amide bonds. The number of carbonyl (C=O) groups is 2. The molecular weight excluding hydrogens is 448 g/mol. The summed E-state index contributed by atoms with van der Waals surface area (Å²) < 4.78 is 21.1. The molecule has 8 nitrogen and oxygen atoms in total. The van der Waals surface area contributed by atoms with E-state index in [9.17, 15) is 9.59 Å². The van der Waals surface area contributed by atoms with E-state index in [2.05, 4.69) is 10.5 Å². The van der Waals surface area contributed by atoms with Gasteiger partial charge in [0.05, 0.1) is 27.0 Å². The van der Waals surface area contributed by atoms with Crippen LogP contribution in [-0.2, 0) is 20.7 Å². The zero-order valence-corrected chi connectivity index (χ0v) is 19.9. The summed E-state index contributed by atoms with van der Waals surface area (Å²) >= 11 is 0. The van der Waals surface area contributed by atoms with Gasteiger partial charge in [0.2, 0.25) is 5.75 Å². The van der Waals surface area contributed by atoms with Crippen molar-refractivity contribution in [3.8, 4) is 17.2 Å². The van der Waals surface area contributed by atoms with Gasteiger partial charge in [-0.3, -0.25) is 9.59 Å². The molecule has 0 atom stereocenters. The van der Waals surface area contributed by atoms with Crippen LogP contribution in [0.25, 0.3) is 0 Å². The third-order valence-corrected chi connectivity index (χ3v) is 5.09. The minimum absolute atomic E-state index is 0.0778. The fraction of sp³-hybridized carbons (Fsp3) is 0.222. The lowest BCUT2D eigenvalue weighted by Gasteiger charge is -2.14. The fourth-order valence-corrected chi connectivity index (χ4v) is 3.38. The number of esters is 1. The van der Waals surface area contributed by atoms with Crippen molar-refractivity contribution in [3.05, 3.63) is 89.5 Å². The number of amides is 1. The number of carbonyl (C=O) groups excluding carboxylic acids is 2. The van der Waals surface area contributed by atoms with Crippen LogP contribution in [0.1, 0.15) is 23.1 Å². The number of hydrogen-bond donors (Lipinski definition) is 1. The van der Waals surface area contributed by atoms with Crippen LogP contribution < -0.4 is 19.6 Å². The molecule has 3 rings (SSSR count). The van der Waals surface area contributed by atoms with E-state index in [0.717, 1.165) is 16.7 Å². The van der Waals surface area contributed by atoms with Gasteiger partial charge in [0.25, 0.3) is 5.91 Å². The predicted octanol–water partition coefficient (Wildman–Crippen LogP) is 3.76. The zero-order valence-electron chi connectivity index (χ0n) is 19.9. The van der Waals surface area contributed by atoms with E-state index >= 15 is 0 Å². The third-order valence-electron chi connectivity index (χ3n) is 5.09. The Hall–Kier alpha value is -4.33. The molecule has 0 saturated heterocycles. The maximum Gasteiger partial charge on any atom is 0.306 e. The number of rotatable bonds is 11. The second-order valence-electron chi connectivity index (χ2n) is 7.42. The molecule has 3 aromatic rings. The van der Waals surface area contributed by atoms with Crippen molar-refractivity contribution in [1.82, 2.24) is 5.43 Å². The van der Waals surface area contributed by atoms with Crippen molar-refractivity contribution < 1.29 is 28.5 Å². The number of methoxy groups -OCH3 is 3. The summed E-state index contributed by atoms with van der Waals surface area (Å²) in [5.74, 6) is 0.434. The maximum absolute atomic E-state index is 12.3. The largest absolute Gasteiger partial charge is 0.493 e. The Morgan fingerprint density at radius 3 is 1.83 bits per heavy atom. The van der Waals surface area contributed by atoms with Gasteiger partial charge in [0.15, 0.2) is 18.1 Å². The van der Waals surface area contributed by atoms with Gasteiger partial charge in [-0.15, -0.1) is 0 Å². The summed E-state index contributed by atoms with van der Waals surface area (Å²) in [5, 5.41) is 4.28. The highest BCUT2D eigenvalue weighted by Gasteiger charge is 2.15. The van der Waals surface area contributed by atoms with E-state index in [-0.39, 0.29) is 6.42 Å². The Labute approximate surface area is 204 Å². The highest BCUT2D eigenvalue weighted by atomic mass is 16.5. The van der Waals surface area contributed by atoms with E-state index in [1.54, 1.807) is 12.1 Å². The third kappa shape index (κ3) is 7.07. The molecule has 0 saturated carbocycles. The van der Waals surface area contributed by atoms with Crippen LogP contribution in [0.15, 0.2) is 77.9 Å². The Morgan fingerprint density at radius 2 is 1.34 bits per heavy atom. The van der Waals surface area contributed by atoms with Crippen LogP contribution >= 0.6 is 0 Å². The first-order valence-corrected chi connectivity index (χ1v) is 11.0. The summed E-state index contributed by atoms with van der Waals surface area (Å²) in [6, 6.07) is 22.5. The molecule has 0 spiro atoms. The summed E-state index contributed by atoms with van der Waals surface area (Å²) in [5.41, 5.74) is 5.58. The van der Waals surface area contributed by atoms with Gasteiger partial charge < -0.3 is 18.9 Å². The Morgan fingerprint density at radius 1 is 0.800 bits per heavy atom. The Balaban J connectivity index is 1.56. The van der Waals surface area contributed by atoms with Gasteiger partial charge >= 0.3 is 5.97 Å². The van der Waals surface area contributed by atoms with E-state index in [1.165, 1.54) is 21.3 Å². The van der Waals surface area contributed by atoms with Crippen molar-refractivity contribution in [2.45, 2.75) is 12.8 Å². The van der Waals surface area contributed by atoms with Gasteiger partial charge in [-0.05, 0) is 24.1 Å². The van der Waals surface area contributed by atoms with Crippen LogP contribution in [-0.4, -0.2) is 45.5 Å². The molecule has 1 N–H and O–H groups in total. The van der Waals surface area contributed by atoms with Gasteiger partial charge in [0, 0.05) is 17.5 Å². The van der Waals surface area contributed by atoms with Crippen LogP contribution in [0.3, 0.4) is 0 Å². The number of hydrazone groups is 1. The Bertz CT molecular complexity index is 1100. The van der Waals surface area contributed by atoms with E-state index in [4.69, 9.17) is 18.9 Å². The average molecular weight is 477 g/mol. The summed E-state index contributed by atoms with van der Waals surface area (Å²) in [6.07, 6.45) is 0.454. The Kier molecular flexibility index (Phi) is 9.24. The first-order valence-electron chi connectivity index (χ1n) is 11.0. The lowest BCUT2D eigenvalue weighted by Crippen LogP contribution is -2.26. The summed E-state index contributed by atoms with van der Waals surface area (Å²) in [6.45, 7) is -0.436. The van der Waals surface area contributed by atoms with Crippen molar-refractivity contribution in [2.75, 3.05) is 27.9 Å². The van der Waals surface area contributed by atoms with Crippen molar-refractivity contribution >= 4 is 17.6 Å². The molecule has 35 heavy (non-hydrogen) atoms. The number of benzene rings is 3. The summed E-state index contributed by atoms with van der Waals surface area (Å²) in [7, 11) is 4.57. The van der Waals surface area contributed by atoms with Crippen LogP contribution in [0.4, 0.5) is 0 Å². The number of ether oxygens (including phenoxy) is 4. The second kappa shape index (κ2) is 12.8. The molecule has 0 radical (unpaired) electrons. The molecule has 0 aliphatic rings. The second-order valence-corrected chi connectivity index (χ2v) is 7.42. The van der Waals surface area contributed by atoms with E-state index in [0.29, 0.717) is 29.4 Å². The minimum atomic E-state index is -0.532. The van der Waals surface area contributed by atoms with Gasteiger partial charge in [-0.25, -0.2) is 5.43 Å². The first kappa shape index (κ1) is 25.3. The predicted molar refractivity (Wildman–Crippen MR) is 132 cm³/mol. The molecule has 0 aliphatic carbocycles. The lowest BCUT2D eigenvalue weighted by atomic mass is 10.0. The molecule has 182 valence electrons. The SMILES string of the molecule is COc1cc(CCC(=O)OCC(=O)NN=C(c2ccccc2)c2ccccc2)cc(OC)c1OC. The molecule has 3 aromatic carbocycles.